The third kappa shape index (κ3) is 2.82. The number of rotatable bonds is 7. The Kier molecular flexibility index (Phi) is 3.12. The van der Waals surface area contributed by atoms with Crippen LogP contribution < -0.4 is 5.32 Å². The topological polar surface area (TPSA) is 32.3 Å². The first-order chi connectivity index (χ1) is 8.29. The molecule has 3 fully saturated rings. The number of hydrogen-bond donors (Lipinski definition) is 1. The van der Waals surface area contributed by atoms with Crippen molar-refractivity contribution in [3.63, 3.8) is 0 Å². The van der Waals surface area contributed by atoms with Gasteiger partial charge in [-0.3, -0.25) is 4.79 Å². The van der Waals surface area contributed by atoms with Gasteiger partial charge in [-0.1, -0.05) is 0 Å². The molecule has 0 unspecified atom stereocenters. The van der Waals surface area contributed by atoms with Crippen LogP contribution in [0.15, 0.2) is 0 Å². The van der Waals surface area contributed by atoms with Crippen molar-refractivity contribution < 1.29 is 4.79 Å². The van der Waals surface area contributed by atoms with E-state index in [-0.39, 0.29) is 0 Å². The number of nitrogens with zero attached hydrogens (tertiary/aromatic N) is 1. The van der Waals surface area contributed by atoms with Crippen LogP contribution in [0.25, 0.3) is 0 Å². The van der Waals surface area contributed by atoms with Gasteiger partial charge in [0.15, 0.2) is 0 Å². The molecule has 3 nitrogen and oxygen atoms in total. The summed E-state index contributed by atoms with van der Waals surface area (Å²) < 4.78 is 0. The summed E-state index contributed by atoms with van der Waals surface area (Å²) in [6.07, 6.45) is 7.94. The number of carbonyl (C=O) groups excluding carboxylic acids is 1. The minimum absolute atomic E-state index is 0.321. The highest BCUT2D eigenvalue weighted by molar-refractivity contribution is 5.79. The van der Waals surface area contributed by atoms with E-state index in [0.717, 1.165) is 18.4 Å². The Hall–Kier alpha value is -0.570. The zero-order chi connectivity index (χ0) is 11.8. The first-order valence-corrected chi connectivity index (χ1v) is 7.32. The van der Waals surface area contributed by atoms with Gasteiger partial charge >= 0.3 is 0 Å². The summed E-state index contributed by atoms with van der Waals surface area (Å²) in [7, 11) is 0. The van der Waals surface area contributed by atoms with Gasteiger partial charge in [0.2, 0.25) is 5.91 Å². The summed E-state index contributed by atoms with van der Waals surface area (Å²) in [5.74, 6) is 2.08. The van der Waals surface area contributed by atoms with Gasteiger partial charge in [0, 0.05) is 18.6 Å². The van der Waals surface area contributed by atoms with Crippen molar-refractivity contribution in [1.82, 2.24) is 10.2 Å². The minimum Gasteiger partial charge on any atom is -0.339 e. The lowest BCUT2D eigenvalue weighted by atomic mass is 10.1. The second kappa shape index (κ2) is 4.60. The lowest BCUT2D eigenvalue weighted by molar-refractivity contribution is -0.130. The highest BCUT2D eigenvalue weighted by atomic mass is 16.2. The Labute approximate surface area is 104 Å². The summed E-state index contributed by atoms with van der Waals surface area (Å²) in [6, 6.07) is 1.21. The average molecular weight is 236 g/mol. The zero-order valence-electron chi connectivity index (χ0n) is 10.8. The number of likely N-dealkylation sites (N-methyl/N-ethyl adjacent to an activating group) is 1. The van der Waals surface area contributed by atoms with E-state index in [1.807, 2.05) is 0 Å². The van der Waals surface area contributed by atoms with Crippen LogP contribution in [0.1, 0.15) is 45.4 Å². The van der Waals surface area contributed by atoms with Gasteiger partial charge in [-0.15, -0.1) is 0 Å². The van der Waals surface area contributed by atoms with Crippen molar-refractivity contribution in [2.75, 3.05) is 13.1 Å². The fourth-order valence-electron chi connectivity index (χ4n) is 2.96. The standard InChI is InChI=1S/C14H24N2O/c1-2-16(12-7-8-12)13(17)9-15-14(10-3-4-10)11-5-6-11/h10-12,14-15H,2-9H2,1H3. The van der Waals surface area contributed by atoms with Gasteiger partial charge in [-0.05, 0) is 57.3 Å². The summed E-state index contributed by atoms with van der Waals surface area (Å²) in [5.41, 5.74) is 0. The van der Waals surface area contributed by atoms with Crippen LogP contribution >= 0.6 is 0 Å². The molecular weight excluding hydrogens is 212 g/mol. The van der Waals surface area contributed by atoms with Gasteiger partial charge in [0.05, 0.1) is 6.54 Å². The molecule has 0 saturated heterocycles. The van der Waals surface area contributed by atoms with Gasteiger partial charge in [0.25, 0.3) is 0 Å². The SMILES string of the molecule is CCN(C(=O)CNC(C1CC1)C1CC1)C1CC1. The van der Waals surface area contributed by atoms with Crippen LogP contribution in [0.2, 0.25) is 0 Å². The lowest BCUT2D eigenvalue weighted by Gasteiger charge is -2.23. The average Bonchev–Trinajstić information content (AvgIpc) is 3.14. The molecule has 0 aromatic rings. The highest BCUT2D eigenvalue weighted by Gasteiger charge is 2.41. The van der Waals surface area contributed by atoms with Crippen molar-refractivity contribution in [3.8, 4) is 0 Å². The van der Waals surface area contributed by atoms with Gasteiger partial charge in [-0.2, -0.15) is 0 Å². The Morgan fingerprint density at radius 2 is 1.76 bits per heavy atom. The summed E-state index contributed by atoms with van der Waals surface area (Å²) in [5, 5.41) is 3.55. The minimum atomic E-state index is 0.321. The van der Waals surface area contributed by atoms with E-state index >= 15 is 0 Å². The summed E-state index contributed by atoms with van der Waals surface area (Å²) in [4.78, 5) is 14.2. The quantitative estimate of drug-likeness (QED) is 0.730. The maximum absolute atomic E-state index is 12.1. The maximum atomic E-state index is 12.1. The number of amides is 1. The molecule has 3 rings (SSSR count). The van der Waals surface area contributed by atoms with Gasteiger partial charge in [0.1, 0.15) is 0 Å². The molecule has 3 aliphatic carbocycles. The Balaban J connectivity index is 1.46. The molecule has 0 heterocycles. The van der Waals surface area contributed by atoms with E-state index in [2.05, 4.69) is 17.1 Å². The molecule has 0 radical (unpaired) electrons. The Morgan fingerprint density at radius 3 is 2.18 bits per heavy atom. The third-order valence-electron chi connectivity index (χ3n) is 4.40. The van der Waals surface area contributed by atoms with Crippen molar-refractivity contribution in [3.05, 3.63) is 0 Å². The van der Waals surface area contributed by atoms with Crippen LogP contribution in [-0.2, 0) is 4.79 Å². The van der Waals surface area contributed by atoms with Gasteiger partial charge in [-0.25, -0.2) is 0 Å². The van der Waals surface area contributed by atoms with E-state index < -0.39 is 0 Å². The molecule has 0 aliphatic heterocycles. The lowest BCUT2D eigenvalue weighted by Crippen LogP contribution is -2.44. The van der Waals surface area contributed by atoms with Crippen LogP contribution in [-0.4, -0.2) is 36.0 Å². The number of hydrogen-bond acceptors (Lipinski definition) is 2. The second-order valence-electron chi connectivity index (χ2n) is 5.99. The largest absolute Gasteiger partial charge is 0.339 e. The van der Waals surface area contributed by atoms with E-state index in [1.165, 1.54) is 38.5 Å². The van der Waals surface area contributed by atoms with Crippen molar-refractivity contribution >= 4 is 5.91 Å². The number of nitrogens with one attached hydrogen (secondary N) is 1. The normalized spacial score (nSPS) is 24.1. The van der Waals surface area contributed by atoms with E-state index in [4.69, 9.17) is 0 Å². The fourth-order valence-corrected chi connectivity index (χ4v) is 2.96. The fraction of sp³-hybridized carbons (Fsp3) is 0.929. The molecular formula is C14H24N2O. The highest BCUT2D eigenvalue weighted by Crippen LogP contribution is 2.44. The van der Waals surface area contributed by atoms with E-state index in [0.29, 0.717) is 24.5 Å². The molecule has 0 spiro atoms. The molecule has 96 valence electrons. The van der Waals surface area contributed by atoms with Crippen LogP contribution in [0.3, 0.4) is 0 Å². The summed E-state index contributed by atoms with van der Waals surface area (Å²) >= 11 is 0. The molecule has 0 aromatic heterocycles. The van der Waals surface area contributed by atoms with Gasteiger partial charge < -0.3 is 10.2 Å². The molecule has 0 aromatic carbocycles. The third-order valence-corrected chi connectivity index (χ3v) is 4.40. The first-order valence-electron chi connectivity index (χ1n) is 7.32. The van der Waals surface area contributed by atoms with Crippen molar-refractivity contribution in [1.29, 1.82) is 0 Å². The van der Waals surface area contributed by atoms with Crippen LogP contribution in [0.4, 0.5) is 0 Å². The van der Waals surface area contributed by atoms with Crippen LogP contribution in [0.5, 0.6) is 0 Å². The van der Waals surface area contributed by atoms with E-state index in [9.17, 15) is 4.79 Å². The molecule has 0 atom stereocenters. The molecule has 1 N–H and O–H groups in total. The van der Waals surface area contributed by atoms with E-state index in [1.54, 1.807) is 0 Å². The molecule has 0 bridgehead atoms. The monoisotopic (exact) mass is 236 g/mol. The van der Waals surface area contributed by atoms with Crippen LogP contribution in [0, 0.1) is 11.8 Å². The Morgan fingerprint density at radius 1 is 1.18 bits per heavy atom. The van der Waals surface area contributed by atoms with Crippen molar-refractivity contribution in [2.45, 2.75) is 57.5 Å². The molecule has 17 heavy (non-hydrogen) atoms. The Bertz CT molecular complexity index is 281. The second-order valence-corrected chi connectivity index (χ2v) is 5.99. The summed E-state index contributed by atoms with van der Waals surface area (Å²) in [6.45, 7) is 3.54. The van der Waals surface area contributed by atoms with Crippen molar-refractivity contribution in [2.24, 2.45) is 11.8 Å². The predicted octanol–water partition coefficient (Wildman–Crippen LogP) is 1.78. The smallest absolute Gasteiger partial charge is 0.236 e. The molecule has 1 amide bonds. The first kappa shape index (κ1) is 11.5. The molecule has 3 aliphatic rings. The molecule has 3 saturated carbocycles. The zero-order valence-corrected chi connectivity index (χ0v) is 10.8. The maximum Gasteiger partial charge on any atom is 0.236 e. The molecule has 3 heteroatoms. The predicted molar refractivity (Wildman–Crippen MR) is 67.6 cm³/mol. The number of carbonyl (C=O) groups is 1.